The van der Waals surface area contributed by atoms with Crippen LogP contribution < -0.4 is 5.32 Å². The van der Waals surface area contributed by atoms with Crippen LogP contribution in [-0.4, -0.2) is 25.8 Å². The van der Waals surface area contributed by atoms with Crippen LogP contribution in [0.2, 0.25) is 0 Å². The average molecular weight is 199 g/mol. The van der Waals surface area contributed by atoms with Crippen LogP contribution in [0.15, 0.2) is 0 Å². The summed E-state index contributed by atoms with van der Waals surface area (Å²) in [6, 6.07) is 0. The van der Waals surface area contributed by atoms with Gasteiger partial charge in [0.05, 0.1) is 6.10 Å². The van der Waals surface area contributed by atoms with Crippen LogP contribution in [-0.2, 0) is 4.74 Å². The van der Waals surface area contributed by atoms with Gasteiger partial charge in [0.25, 0.3) is 0 Å². The highest BCUT2D eigenvalue weighted by Gasteiger charge is 2.41. The van der Waals surface area contributed by atoms with Gasteiger partial charge in [-0.15, -0.1) is 0 Å². The van der Waals surface area contributed by atoms with Gasteiger partial charge in [-0.1, -0.05) is 6.92 Å². The molecule has 2 nitrogen and oxygen atoms in total. The highest BCUT2D eigenvalue weighted by Crippen LogP contribution is 2.48. The minimum absolute atomic E-state index is 0.384. The van der Waals surface area contributed by atoms with Gasteiger partial charge in [0.15, 0.2) is 0 Å². The molecule has 0 aromatic heterocycles. The maximum Gasteiger partial charge on any atom is 0.0518 e. The van der Waals surface area contributed by atoms with E-state index in [-0.39, 0.29) is 0 Å². The topological polar surface area (TPSA) is 21.3 Å². The number of hydrogen-bond donors (Lipinski definition) is 1. The van der Waals surface area contributed by atoms with Gasteiger partial charge in [-0.3, -0.25) is 0 Å². The second kappa shape index (κ2) is 5.72. The quantitative estimate of drug-likeness (QED) is 0.607. The van der Waals surface area contributed by atoms with Crippen molar-refractivity contribution in [2.24, 2.45) is 5.41 Å². The molecular formula is C12H25NO. The molecule has 0 heterocycles. The Morgan fingerprint density at radius 2 is 2.07 bits per heavy atom. The second-order valence-corrected chi connectivity index (χ2v) is 4.85. The summed E-state index contributed by atoms with van der Waals surface area (Å²) in [4.78, 5) is 0. The van der Waals surface area contributed by atoms with Gasteiger partial charge < -0.3 is 10.1 Å². The van der Waals surface area contributed by atoms with E-state index in [9.17, 15) is 0 Å². The van der Waals surface area contributed by atoms with E-state index < -0.39 is 0 Å². The first-order valence-corrected chi connectivity index (χ1v) is 6.01. The molecule has 0 amide bonds. The van der Waals surface area contributed by atoms with Crippen LogP contribution in [0.4, 0.5) is 0 Å². The van der Waals surface area contributed by atoms with E-state index in [0.717, 1.165) is 13.2 Å². The molecule has 0 saturated heterocycles. The summed E-state index contributed by atoms with van der Waals surface area (Å²) < 4.78 is 5.60. The van der Waals surface area contributed by atoms with Gasteiger partial charge in [0.2, 0.25) is 0 Å². The summed E-state index contributed by atoms with van der Waals surface area (Å²) in [5, 5.41) is 3.52. The molecule has 0 aromatic rings. The number of hydrogen-bond acceptors (Lipinski definition) is 2. The zero-order valence-electron chi connectivity index (χ0n) is 9.94. The molecule has 1 N–H and O–H groups in total. The maximum absolute atomic E-state index is 5.60. The van der Waals surface area contributed by atoms with Crippen LogP contribution >= 0.6 is 0 Å². The fraction of sp³-hybridized carbons (Fsp3) is 1.00. The highest BCUT2D eigenvalue weighted by molar-refractivity contribution is 4.94. The second-order valence-electron chi connectivity index (χ2n) is 4.85. The van der Waals surface area contributed by atoms with Crippen LogP contribution in [0.3, 0.4) is 0 Å². The standard InChI is InChI=1S/C12H25NO/c1-4-8-13-10-12(5-6-12)7-9-14-11(2)3/h11,13H,4-10H2,1-3H3. The lowest BCUT2D eigenvalue weighted by Gasteiger charge is -2.16. The molecule has 2 heteroatoms. The number of ether oxygens (including phenoxy) is 1. The van der Waals surface area contributed by atoms with E-state index >= 15 is 0 Å². The fourth-order valence-electron chi connectivity index (χ4n) is 1.73. The molecule has 0 bridgehead atoms. The maximum atomic E-state index is 5.60. The third-order valence-corrected chi connectivity index (χ3v) is 2.97. The molecule has 0 unspecified atom stereocenters. The van der Waals surface area contributed by atoms with Gasteiger partial charge in [-0.25, -0.2) is 0 Å². The van der Waals surface area contributed by atoms with Crippen LogP contribution in [0.25, 0.3) is 0 Å². The third kappa shape index (κ3) is 4.43. The van der Waals surface area contributed by atoms with Gasteiger partial charge in [0, 0.05) is 13.2 Å². The Kier molecular flexibility index (Phi) is 4.90. The first-order valence-electron chi connectivity index (χ1n) is 6.01. The lowest BCUT2D eigenvalue weighted by molar-refractivity contribution is 0.0658. The van der Waals surface area contributed by atoms with Crippen molar-refractivity contribution in [3.8, 4) is 0 Å². The minimum Gasteiger partial charge on any atom is -0.379 e. The molecule has 84 valence electrons. The zero-order valence-corrected chi connectivity index (χ0v) is 9.94. The minimum atomic E-state index is 0.384. The Morgan fingerprint density at radius 3 is 2.57 bits per heavy atom. The van der Waals surface area contributed by atoms with Crippen molar-refractivity contribution in [2.75, 3.05) is 19.7 Å². The SMILES string of the molecule is CCCNCC1(CCOC(C)C)CC1. The van der Waals surface area contributed by atoms with Gasteiger partial charge >= 0.3 is 0 Å². The Hall–Kier alpha value is -0.0800. The van der Waals surface area contributed by atoms with Crippen molar-refractivity contribution in [1.82, 2.24) is 5.32 Å². The van der Waals surface area contributed by atoms with Crippen LogP contribution in [0.1, 0.15) is 46.5 Å². The summed E-state index contributed by atoms with van der Waals surface area (Å²) in [7, 11) is 0. The molecule has 1 rings (SSSR count). The van der Waals surface area contributed by atoms with Crippen LogP contribution in [0.5, 0.6) is 0 Å². The van der Waals surface area contributed by atoms with Crippen molar-refractivity contribution in [2.45, 2.75) is 52.6 Å². The summed E-state index contributed by atoms with van der Waals surface area (Å²) in [6.45, 7) is 9.72. The monoisotopic (exact) mass is 199 g/mol. The lowest BCUT2D eigenvalue weighted by atomic mass is 10.0. The third-order valence-electron chi connectivity index (χ3n) is 2.97. The van der Waals surface area contributed by atoms with Crippen molar-refractivity contribution < 1.29 is 4.74 Å². The number of rotatable bonds is 8. The molecule has 0 aliphatic heterocycles. The molecule has 0 aromatic carbocycles. The highest BCUT2D eigenvalue weighted by atomic mass is 16.5. The summed E-state index contributed by atoms with van der Waals surface area (Å²) in [5.41, 5.74) is 0.601. The predicted molar refractivity (Wildman–Crippen MR) is 60.5 cm³/mol. The van der Waals surface area contributed by atoms with E-state index in [4.69, 9.17) is 4.74 Å². The van der Waals surface area contributed by atoms with E-state index in [1.165, 1.54) is 32.2 Å². The van der Waals surface area contributed by atoms with Gasteiger partial charge in [-0.2, -0.15) is 0 Å². The van der Waals surface area contributed by atoms with E-state index in [2.05, 4.69) is 26.1 Å². The molecular weight excluding hydrogens is 174 g/mol. The normalized spacial score (nSPS) is 18.9. The molecule has 1 fully saturated rings. The van der Waals surface area contributed by atoms with Gasteiger partial charge in [0.1, 0.15) is 0 Å². The Balaban J connectivity index is 2.03. The molecule has 1 aliphatic carbocycles. The average Bonchev–Trinajstić information content (AvgIpc) is 2.85. The summed E-state index contributed by atoms with van der Waals surface area (Å²) in [5.74, 6) is 0. The predicted octanol–water partition coefficient (Wildman–Crippen LogP) is 2.58. The smallest absolute Gasteiger partial charge is 0.0518 e. The van der Waals surface area contributed by atoms with Crippen molar-refractivity contribution in [1.29, 1.82) is 0 Å². The molecule has 0 atom stereocenters. The van der Waals surface area contributed by atoms with E-state index in [0.29, 0.717) is 11.5 Å². The van der Waals surface area contributed by atoms with Crippen molar-refractivity contribution >= 4 is 0 Å². The first-order chi connectivity index (χ1) is 6.68. The first kappa shape index (κ1) is 12.0. The fourth-order valence-corrected chi connectivity index (χ4v) is 1.73. The summed E-state index contributed by atoms with van der Waals surface area (Å²) >= 11 is 0. The molecule has 1 saturated carbocycles. The Morgan fingerprint density at radius 1 is 1.36 bits per heavy atom. The Labute approximate surface area is 88.4 Å². The van der Waals surface area contributed by atoms with E-state index in [1.54, 1.807) is 0 Å². The number of nitrogens with one attached hydrogen (secondary N) is 1. The summed E-state index contributed by atoms with van der Waals surface area (Å²) in [6.07, 6.45) is 5.64. The van der Waals surface area contributed by atoms with Crippen molar-refractivity contribution in [3.05, 3.63) is 0 Å². The van der Waals surface area contributed by atoms with Crippen LogP contribution in [0, 0.1) is 5.41 Å². The largest absolute Gasteiger partial charge is 0.379 e. The molecule has 14 heavy (non-hydrogen) atoms. The van der Waals surface area contributed by atoms with Gasteiger partial charge in [-0.05, 0) is 51.5 Å². The molecule has 0 spiro atoms. The molecule has 0 radical (unpaired) electrons. The lowest BCUT2D eigenvalue weighted by Crippen LogP contribution is -2.26. The zero-order chi connectivity index (χ0) is 10.4. The van der Waals surface area contributed by atoms with Crippen molar-refractivity contribution in [3.63, 3.8) is 0 Å². The van der Waals surface area contributed by atoms with E-state index in [1.807, 2.05) is 0 Å². The molecule has 1 aliphatic rings. The Bertz CT molecular complexity index is 152.